The molecule has 1 rings (SSSR count). The van der Waals surface area contributed by atoms with E-state index < -0.39 is 0 Å². The zero-order chi connectivity index (χ0) is 6.85. The van der Waals surface area contributed by atoms with Crippen molar-refractivity contribution in [2.24, 2.45) is 0 Å². The number of allylic oxidation sites excluding steroid dienone is 2. The van der Waals surface area contributed by atoms with Crippen molar-refractivity contribution in [2.75, 3.05) is 0 Å². The van der Waals surface area contributed by atoms with Crippen molar-refractivity contribution >= 4 is 11.7 Å². The van der Waals surface area contributed by atoms with Crippen LogP contribution >= 0.6 is 0 Å². The highest BCUT2D eigenvalue weighted by Crippen LogP contribution is 1.98. The maximum atomic E-state index is 10.5. The summed E-state index contributed by atoms with van der Waals surface area (Å²) in [5, 5.41) is 2.51. The lowest BCUT2D eigenvalue weighted by Crippen LogP contribution is -2.28. The Morgan fingerprint density at radius 3 is 2.67 bits per heavy atom. The van der Waals surface area contributed by atoms with E-state index in [0.29, 0.717) is 5.70 Å². The third kappa shape index (κ3) is 1.38. The normalized spacial score (nSPS) is 19.0. The molecule has 0 aromatic rings. The van der Waals surface area contributed by atoms with Crippen LogP contribution in [0.25, 0.3) is 0 Å². The topological polar surface area (TPSA) is 46.2 Å². The van der Waals surface area contributed by atoms with Crippen molar-refractivity contribution in [3.05, 3.63) is 11.8 Å². The first-order chi connectivity index (χ1) is 4.18. The van der Waals surface area contributed by atoms with Crippen LogP contribution in [0, 0.1) is 0 Å². The molecule has 3 nitrogen and oxygen atoms in total. The van der Waals surface area contributed by atoms with Crippen LogP contribution in [0.2, 0.25) is 0 Å². The highest BCUT2D eigenvalue weighted by atomic mass is 16.2. The Morgan fingerprint density at radius 2 is 2.22 bits per heavy atom. The fourth-order valence-electron chi connectivity index (χ4n) is 0.751. The van der Waals surface area contributed by atoms with E-state index in [4.69, 9.17) is 0 Å². The van der Waals surface area contributed by atoms with Crippen LogP contribution in [-0.2, 0) is 9.59 Å². The van der Waals surface area contributed by atoms with Crippen molar-refractivity contribution in [1.29, 1.82) is 0 Å². The molecular weight excluding hydrogens is 118 g/mol. The predicted octanol–water partition coefficient (Wildman–Crippen LogP) is -0.0208. The molecule has 3 heteroatoms. The molecule has 0 spiro atoms. The lowest BCUT2D eigenvalue weighted by Gasteiger charge is -2.07. The van der Waals surface area contributed by atoms with E-state index in [2.05, 4.69) is 5.32 Å². The summed E-state index contributed by atoms with van der Waals surface area (Å²) in [6, 6.07) is 0. The van der Waals surface area contributed by atoms with Gasteiger partial charge in [-0.3, -0.25) is 9.59 Å². The third-order valence-electron chi connectivity index (χ3n) is 1.05. The Labute approximate surface area is 52.7 Å². The van der Waals surface area contributed by atoms with Gasteiger partial charge in [0.15, 0.2) is 5.78 Å². The maximum absolute atomic E-state index is 10.5. The smallest absolute Gasteiger partial charge is 0.231 e. The Kier molecular flexibility index (Phi) is 1.34. The molecule has 9 heavy (non-hydrogen) atoms. The van der Waals surface area contributed by atoms with E-state index in [-0.39, 0.29) is 18.1 Å². The Hall–Kier alpha value is -1.12. The second-order valence-electron chi connectivity index (χ2n) is 2.02. The monoisotopic (exact) mass is 125 g/mol. The number of rotatable bonds is 0. The number of ketones is 1. The van der Waals surface area contributed by atoms with Gasteiger partial charge in [-0.25, -0.2) is 0 Å². The summed E-state index contributed by atoms with van der Waals surface area (Å²) in [6.45, 7) is 1.69. The molecule has 0 unspecified atom stereocenters. The molecule has 1 N–H and O–H groups in total. The first-order valence-electron chi connectivity index (χ1n) is 2.69. The van der Waals surface area contributed by atoms with Crippen LogP contribution in [0.3, 0.4) is 0 Å². The van der Waals surface area contributed by atoms with Gasteiger partial charge in [-0.1, -0.05) is 0 Å². The Morgan fingerprint density at radius 1 is 1.56 bits per heavy atom. The zero-order valence-electron chi connectivity index (χ0n) is 5.10. The summed E-state index contributed by atoms with van der Waals surface area (Å²) >= 11 is 0. The second kappa shape index (κ2) is 2.01. The van der Waals surface area contributed by atoms with E-state index in [1.807, 2.05) is 0 Å². The minimum atomic E-state index is -0.208. The highest BCUT2D eigenvalue weighted by Gasteiger charge is 2.12. The molecule has 0 atom stereocenters. The van der Waals surface area contributed by atoms with Gasteiger partial charge in [0.25, 0.3) is 0 Å². The Bertz CT molecular complexity index is 193. The molecule has 0 saturated carbocycles. The zero-order valence-corrected chi connectivity index (χ0v) is 5.10. The Balaban J connectivity index is 2.79. The fraction of sp³-hybridized carbons (Fsp3) is 0.333. The summed E-state index contributed by atoms with van der Waals surface area (Å²) in [4.78, 5) is 21.1. The van der Waals surface area contributed by atoms with Gasteiger partial charge in [-0.15, -0.1) is 0 Å². The average Bonchev–Trinajstić information content (AvgIpc) is 1.59. The molecule has 0 radical (unpaired) electrons. The lowest BCUT2D eigenvalue weighted by molar-refractivity contribution is -0.126. The molecule has 0 aliphatic carbocycles. The van der Waals surface area contributed by atoms with Gasteiger partial charge >= 0.3 is 0 Å². The molecule has 48 valence electrons. The maximum Gasteiger partial charge on any atom is 0.231 e. The molecule has 0 saturated heterocycles. The van der Waals surface area contributed by atoms with E-state index >= 15 is 0 Å². The lowest BCUT2D eigenvalue weighted by atomic mass is 10.2. The molecule has 1 amide bonds. The summed E-state index contributed by atoms with van der Waals surface area (Å²) in [6.07, 6.45) is 1.43. The number of carbonyl (C=O) groups excluding carboxylic acids is 2. The van der Waals surface area contributed by atoms with Crippen molar-refractivity contribution in [3.63, 3.8) is 0 Å². The second-order valence-corrected chi connectivity index (χ2v) is 2.02. The van der Waals surface area contributed by atoms with Gasteiger partial charge in [0, 0.05) is 11.8 Å². The van der Waals surface area contributed by atoms with Crippen LogP contribution in [0.15, 0.2) is 11.8 Å². The molecule has 1 heterocycles. The van der Waals surface area contributed by atoms with Crippen LogP contribution in [-0.4, -0.2) is 11.7 Å². The van der Waals surface area contributed by atoms with Crippen LogP contribution < -0.4 is 5.32 Å². The quantitative estimate of drug-likeness (QED) is 0.462. The molecule has 0 bridgehead atoms. The van der Waals surface area contributed by atoms with E-state index in [0.717, 1.165) is 0 Å². The van der Waals surface area contributed by atoms with Crippen molar-refractivity contribution < 1.29 is 9.59 Å². The summed E-state index contributed by atoms with van der Waals surface area (Å²) < 4.78 is 0. The number of carbonyl (C=O) groups is 2. The summed E-state index contributed by atoms with van der Waals surface area (Å²) in [7, 11) is 0. The van der Waals surface area contributed by atoms with Gasteiger partial charge < -0.3 is 5.32 Å². The minimum Gasteiger partial charge on any atom is -0.330 e. The standard InChI is InChI=1S/C6H7NO2/c1-4-2-5(8)3-6(9)7-4/h2H,3H2,1H3,(H,7,9). The van der Waals surface area contributed by atoms with Gasteiger partial charge in [0.2, 0.25) is 5.91 Å². The number of hydrogen-bond donors (Lipinski definition) is 1. The van der Waals surface area contributed by atoms with E-state index in [1.54, 1.807) is 6.92 Å². The minimum absolute atomic E-state index is 0.00264. The first kappa shape index (κ1) is 6.01. The van der Waals surface area contributed by atoms with Crippen molar-refractivity contribution in [1.82, 2.24) is 5.32 Å². The third-order valence-corrected chi connectivity index (χ3v) is 1.05. The van der Waals surface area contributed by atoms with Crippen molar-refractivity contribution in [2.45, 2.75) is 13.3 Å². The van der Waals surface area contributed by atoms with Gasteiger partial charge in [0.05, 0.1) is 6.42 Å². The molecule has 0 aromatic carbocycles. The number of amides is 1. The van der Waals surface area contributed by atoms with Crippen LogP contribution in [0.1, 0.15) is 13.3 Å². The molecular formula is C6H7NO2. The summed E-state index contributed by atoms with van der Waals surface area (Å²) in [5.41, 5.74) is 0.635. The molecule has 1 aliphatic rings. The van der Waals surface area contributed by atoms with Crippen molar-refractivity contribution in [3.8, 4) is 0 Å². The van der Waals surface area contributed by atoms with Crippen LogP contribution in [0.4, 0.5) is 0 Å². The average molecular weight is 125 g/mol. The number of nitrogens with one attached hydrogen (secondary N) is 1. The fourth-order valence-corrected chi connectivity index (χ4v) is 0.751. The highest BCUT2D eigenvalue weighted by molar-refractivity contribution is 6.07. The van der Waals surface area contributed by atoms with E-state index in [1.165, 1.54) is 6.08 Å². The summed E-state index contributed by atoms with van der Waals surface area (Å²) in [5.74, 6) is -0.323. The van der Waals surface area contributed by atoms with Gasteiger partial charge in [-0.05, 0) is 6.92 Å². The largest absolute Gasteiger partial charge is 0.330 e. The van der Waals surface area contributed by atoms with Gasteiger partial charge in [-0.2, -0.15) is 0 Å². The first-order valence-corrected chi connectivity index (χ1v) is 2.69. The van der Waals surface area contributed by atoms with Crippen LogP contribution in [0.5, 0.6) is 0 Å². The molecule has 0 fully saturated rings. The van der Waals surface area contributed by atoms with E-state index in [9.17, 15) is 9.59 Å². The molecule has 0 aromatic heterocycles. The number of hydrogen-bond acceptors (Lipinski definition) is 2. The SMILES string of the molecule is CC1=CC(=O)CC(=O)N1. The predicted molar refractivity (Wildman–Crippen MR) is 31.5 cm³/mol. The van der Waals surface area contributed by atoms with Gasteiger partial charge in [0.1, 0.15) is 0 Å². The molecule has 1 aliphatic heterocycles.